The number of piperidine rings is 1. The van der Waals surface area contributed by atoms with Gasteiger partial charge < -0.3 is 0 Å². The molecule has 0 N–H and O–H groups in total. The lowest BCUT2D eigenvalue weighted by Crippen LogP contribution is -2.51. The summed E-state index contributed by atoms with van der Waals surface area (Å²) in [5, 5.41) is 3.98. The van der Waals surface area contributed by atoms with Crippen molar-refractivity contribution in [3.63, 3.8) is 0 Å². The van der Waals surface area contributed by atoms with Crippen molar-refractivity contribution in [2.45, 2.75) is 39.2 Å². The average Bonchev–Trinajstić information content (AvgIpc) is 2.41. The van der Waals surface area contributed by atoms with Gasteiger partial charge in [-0.05, 0) is 26.7 Å². The van der Waals surface area contributed by atoms with Crippen molar-refractivity contribution in [2.24, 2.45) is 9.98 Å². The molecule has 0 saturated carbocycles. The SMILES string of the molecule is CCN(C(=O)C1=N[C@H](C)CN=C1)N1CCCCC1. The zero-order chi connectivity index (χ0) is 13.0. The van der Waals surface area contributed by atoms with E-state index in [1.807, 2.05) is 18.9 Å². The van der Waals surface area contributed by atoms with Gasteiger partial charge in [0, 0.05) is 19.6 Å². The Kier molecular flexibility index (Phi) is 4.47. The highest BCUT2D eigenvalue weighted by Crippen LogP contribution is 2.12. The summed E-state index contributed by atoms with van der Waals surface area (Å²) < 4.78 is 0. The van der Waals surface area contributed by atoms with E-state index >= 15 is 0 Å². The van der Waals surface area contributed by atoms with E-state index in [1.54, 1.807) is 6.21 Å². The Labute approximate surface area is 109 Å². The molecule has 0 bridgehead atoms. The lowest BCUT2D eigenvalue weighted by Gasteiger charge is -2.36. The summed E-state index contributed by atoms with van der Waals surface area (Å²) in [5.41, 5.74) is 0.501. The highest BCUT2D eigenvalue weighted by molar-refractivity contribution is 6.60. The van der Waals surface area contributed by atoms with Crippen LogP contribution in [0.15, 0.2) is 9.98 Å². The Hall–Kier alpha value is -1.23. The molecule has 5 heteroatoms. The van der Waals surface area contributed by atoms with E-state index in [4.69, 9.17) is 0 Å². The van der Waals surface area contributed by atoms with Crippen LogP contribution in [0.25, 0.3) is 0 Å². The molecule has 0 spiro atoms. The first-order valence-electron chi connectivity index (χ1n) is 6.86. The number of hydrogen-bond acceptors (Lipinski definition) is 4. The Morgan fingerprint density at radius 1 is 1.44 bits per heavy atom. The first kappa shape index (κ1) is 13.2. The highest BCUT2D eigenvalue weighted by atomic mass is 16.2. The third-order valence-corrected chi connectivity index (χ3v) is 3.37. The predicted molar refractivity (Wildman–Crippen MR) is 73.1 cm³/mol. The summed E-state index contributed by atoms with van der Waals surface area (Å²) in [6, 6.07) is 0.119. The minimum atomic E-state index is -0.00491. The molecule has 1 amide bonds. The summed E-state index contributed by atoms with van der Waals surface area (Å²) >= 11 is 0. The fraction of sp³-hybridized carbons (Fsp3) is 0.769. The highest BCUT2D eigenvalue weighted by Gasteiger charge is 2.25. The molecule has 0 aromatic heterocycles. The number of amides is 1. The Bertz CT molecular complexity index is 358. The first-order chi connectivity index (χ1) is 8.72. The Morgan fingerprint density at radius 2 is 2.17 bits per heavy atom. The molecular weight excluding hydrogens is 228 g/mol. The Morgan fingerprint density at radius 3 is 2.78 bits per heavy atom. The maximum atomic E-state index is 12.4. The van der Waals surface area contributed by atoms with Crippen molar-refractivity contribution < 1.29 is 4.79 Å². The van der Waals surface area contributed by atoms with Crippen LogP contribution in [0.5, 0.6) is 0 Å². The van der Waals surface area contributed by atoms with E-state index in [0.717, 1.165) is 13.1 Å². The normalized spacial score (nSPS) is 24.8. The fourth-order valence-corrected chi connectivity index (χ4v) is 2.44. The lowest BCUT2D eigenvalue weighted by atomic mass is 10.1. The lowest BCUT2D eigenvalue weighted by molar-refractivity contribution is -0.142. The maximum Gasteiger partial charge on any atom is 0.287 e. The monoisotopic (exact) mass is 250 g/mol. The second kappa shape index (κ2) is 6.09. The van der Waals surface area contributed by atoms with Crippen LogP contribution in [0.2, 0.25) is 0 Å². The molecule has 0 unspecified atom stereocenters. The second-order valence-electron chi connectivity index (χ2n) is 4.89. The number of rotatable bonds is 3. The second-order valence-corrected chi connectivity index (χ2v) is 4.89. The van der Waals surface area contributed by atoms with Crippen LogP contribution in [-0.2, 0) is 4.79 Å². The number of aliphatic imine (C=N–C) groups is 2. The van der Waals surface area contributed by atoms with Crippen molar-refractivity contribution in [1.82, 2.24) is 10.0 Å². The number of carbonyl (C=O) groups is 1. The first-order valence-corrected chi connectivity index (χ1v) is 6.86. The molecule has 1 atom stereocenters. The molecule has 2 heterocycles. The zero-order valence-corrected chi connectivity index (χ0v) is 11.3. The van der Waals surface area contributed by atoms with E-state index in [2.05, 4.69) is 15.0 Å². The van der Waals surface area contributed by atoms with Crippen LogP contribution in [0.3, 0.4) is 0 Å². The molecule has 1 fully saturated rings. The third-order valence-electron chi connectivity index (χ3n) is 3.37. The molecule has 2 rings (SSSR count). The number of nitrogens with zero attached hydrogens (tertiary/aromatic N) is 4. The Balaban J connectivity index is 2.07. The molecule has 0 radical (unpaired) electrons. The van der Waals surface area contributed by atoms with Gasteiger partial charge in [0.1, 0.15) is 5.71 Å². The van der Waals surface area contributed by atoms with Crippen molar-refractivity contribution >= 4 is 17.8 Å². The molecule has 2 aliphatic heterocycles. The molecule has 100 valence electrons. The van der Waals surface area contributed by atoms with Gasteiger partial charge in [0.2, 0.25) is 0 Å². The van der Waals surface area contributed by atoms with Gasteiger partial charge in [-0.25, -0.2) is 5.01 Å². The van der Waals surface area contributed by atoms with Crippen molar-refractivity contribution in [3.05, 3.63) is 0 Å². The predicted octanol–water partition coefficient (Wildman–Crippen LogP) is 1.15. The minimum Gasteiger partial charge on any atom is -0.289 e. The number of carbonyl (C=O) groups excluding carboxylic acids is 1. The van der Waals surface area contributed by atoms with Gasteiger partial charge in [-0.15, -0.1) is 0 Å². The van der Waals surface area contributed by atoms with Crippen LogP contribution in [0, 0.1) is 0 Å². The van der Waals surface area contributed by atoms with Crippen molar-refractivity contribution in [3.8, 4) is 0 Å². The van der Waals surface area contributed by atoms with Crippen LogP contribution >= 0.6 is 0 Å². The largest absolute Gasteiger partial charge is 0.289 e. The molecular formula is C13H22N4O. The molecule has 0 aromatic carbocycles. The average molecular weight is 250 g/mol. The maximum absolute atomic E-state index is 12.4. The summed E-state index contributed by atoms with van der Waals surface area (Å²) in [4.78, 5) is 21.0. The topological polar surface area (TPSA) is 48.3 Å². The quantitative estimate of drug-likeness (QED) is 0.754. The summed E-state index contributed by atoms with van der Waals surface area (Å²) in [7, 11) is 0. The van der Waals surface area contributed by atoms with Gasteiger partial charge in [-0.1, -0.05) is 6.42 Å². The van der Waals surface area contributed by atoms with Gasteiger partial charge in [0.15, 0.2) is 0 Å². The van der Waals surface area contributed by atoms with Crippen LogP contribution in [-0.4, -0.2) is 60.1 Å². The van der Waals surface area contributed by atoms with Crippen LogP contribution in [0.4, 0.5) is 0 Å². The van der Waals surface area contributed by atoms with Crippen molar-refractivity contribution in [1.29, 1.82) is 0 Å². The van der Waals surface area contributed by atoms with E-state index in [0.29, 0.717) is 18.8 Å². The van der Waals surface area contributed by atoms with Gasteiger partial charge in [0.25, 0.3) is 5.91 Å². The van der Waals surface area contributed by atoms with Gasteiger partial charge in [0.05, 0.1) is 18.8 Å². The summed E-state index contributed by atoms with van der Waals surface area (Å²) in [6.07, 6.45) is 5.22. The zero-order valence-electron chi connectivity index (χ0n) is 11.3. The van der Waals surface area contributed by atoms with Gasteiger partial charge in [-0.2, -0.15) is 0 Å². The summed E-state index contributed by atoms with van der Waals surface area (Å²) in [6.45, 7) is 7.32. The van der Waals surface area contributed by atoms with Crippen LogP contribution < -0.4 is 0 Å². The van der Waals surface area contributed by atoms with E-state index in [-0.39, 0.29) is 11.9 Å². The van der Waals surface area contributed by atoms with Crippen molar-refractivity contribution in [2.75, 3.05) is 26.2 Å². The molecule has 18 heavy (non-hydrogen) atoms. The number of hydrazine groups is 1. The molecule has 5 nitrogen and oxygen atoms in total. The summed E-state index contributed by atoms with van der Waals surface area (Å²) in [5.74, 6) is -0.00491. The van der Waals surface area contributed by atoms with Crippen LogP contribution in [0.1, 0.15) is 33.1 Å². The van der Waals surface area contributed by atoms with E-state index in [9.17, 15) is 4.79 Å². The fourth-order valence-electron chi connectivity index (χ4n) is 2.44. The van der Waals surface area contributed by atoms with Gasteiger partial charge in [-0.3, -0.25) is 19.8 Å². The van der Waals surface area contributed by atoms with Gasteiger partial charge >= 0.3 is 0 Å². The molecule has 0 aliphatic carbocycles. The third kappa shape index (κ3) is 2.96. The van der Waals surface area contributed by atoms with E-state index in [1.165, 1.54) is 19.3 Å². The molecule has 2 aliphatic rings. The number of hydrogen-bond donors (Lipinski definition) is 0. The molecule has 1 saturated heterocycles. The molecule has 0 aromatic rings. The minimum absolute atomic E-state index is 0.00491. The smallest absolute Gasteiger partial charge is 0.287 e. The van der Waals surface area contributed by atoms with E-state index < -0.39 is 0 Å². The standard InChI is InChI=1S/C13H22N4O/c1-3-17(16-7-5-4-6-8-16)13(18)12-10-14-9-11(2)15-12/h10-11H,3-9H2,1-2H3/t11-/m1/s1.